The van der Waals surface area contributed by atoms with Gasteiger partial charge in [-0.3, -0.25) is 58.6 Å². The van der Waals surface area contributed by atoms with Crippen LogP contribution in [0, 0.1) is 46.3 Å². The van der Waals surface area contributed by atoms with E-state index in [1.54, 1.807) is 0 Å². The first-order valence-electron chi connectivity index (χ1n) is 46.4. The Balaban J connectivity index is 0.000000178. The van der Waals surface area contributed by atoms with E-state index in [9.17, 15) is 28.8 Å². The highest BCUT2D eigenvalue weighted by Gasteiger charge is 2.51. The number of aryl methyl sites for hydroxylation is 2. The maximum absolute atomic E-state index is 14.4. The number of ether oxygens (including phenoxy) is 4. The summed E-state index contributed by atoms with van der Waals surface area (Å²) in [6.07, 6.45) is 12.4. The van der Waals surface area contributed by atoms with E-state index in [-0.39, 0.29) is 96.7 Å². The van der Waals surface area contributed by atoms with Crippen LogP contribution in [-0.2, 0) is 73.6 Å². The second-order valence-corrected chi connectivity index (χ2v) is 41.7. The predicted molar refractivity (Wildman–Crippen MR) is 496 cm³/mol. The molecule has 8 aromatic rings. The number of hydrogen-bond acceptors (Lipinski definition) is 21. The van der Waals surface area contributed by atoms with E-state index in [0.29, 0.717) is 87.4 Å². The fourth-order valence-corrected chi connectivity index (χ4v) is 23.0. The number of esters is 2. The zero-order chi connectivity index (χ0) is 88.5. The van der Waals surface area contributed by atoms with Gasteiger partial charge in [-0.1, -0.05) is 109 Å². The third-order valence-corrected chi connectivity index (χ3v) is 31.4. The number of hydrogen-bond donors (Lipinski definition) is 5. The fourth-order valence-electron chi connectivity index (χ4n) is 21.1. The van der Waals surface area contributed by atoms with E-state index >= 15 is 0 Å². The molecule has 16 atom stereocenters. The van der Waals surface area contributed by atoms with Gasteiger partial charge >= 0.3 is 17.9 Å². The maximum atomic E-state index is 14.4. The number of carboxylic acids is 1. The molecule has 6 N–H and O–H groups in total. The number of aliphatic carboxylic acids is 1. The second-order valence-electron chi connectivity index (χ2n) is 39.9. The first-order valence-corrected chi connectivity index (χ1v) is 48.2. The number of nitrogens with zero attached hydrogens (tertiary/aromatic N) is 10. The Labute approximate surface area is 756 Å². The molecule has 126 heavy (non-hydrogen) atoms. The number of carboxylic acid groups (broad SMARTS) is 1. The number of cyclic esters (lactones) is 2. The molecule has 8 fully saturated rings. The molecule has 12 bridgehead atoms. The molecular formula is C98H133ClN14O11S2. The lowest BCUT2D eigenvalue weighted by atomic mass is 9.82. The lowest BCUT2D eigenvalue weighted by Gasteiger charge is -2.42. The molecule has 2 aromatic carbocycles. The van der Waals surface area contributed by atoms with Gasteiger partial charge in [-0.15, -0.1) is 35.1 Å². The fraction of sp³-hybridized carbons (Fsp3) is 0.612. The summed E-state index contributed by atoms with van der Waals surface area (Å²) in [5, 5.41) is 22.6. The summed E-state index contributed by atoms with van der Waals surface area (Å²) in [6.45, 7) is 44.4. The summed E-state index contributed by atoms with van der Waals surface area (Å²) in [5.74, 6) is -0.288. The third-order valence-electron chi connectivity index (χ3n) is 29.3. The summed E-state index contributed by atoms with van der Waals surface area (Å²) in [7, 11) is 0. The molecule has 28 heteroatoms. The molecule has 2 unspecified atom stereocenters. The van der Waals surface area contributed by atoms with Gasteiger partial charge in [0, 0.05) is 147 Å². The van der Waals surface area contributed by atoms with Gasteiger partial charge in [0.15, 0.2) is 0 Å². The van der Waals surface area contributed by atoms with Crippen molar-refractivity contribution in [2.24, 2.45) is 52.1 Å². The van der Waals surface area contributed by atoms with Crippen molar-refractivity contribution >= 4 is 92.5 Å². The van der Waals surface area contributed by atoms with Gasteiger partial charge in [0.05, 0.1) is 95.8 Å². The van der Waals surface area contributed by atoms with Crippen molar-refractivity contribution < 1.29 is 52.8 Å². The van der Waals surface area contributed by atoms with E-state index in [1.807, 2.05) is 27.7 Å². The number of carbonyl (C=O) groups is 6. The van der Waals surface area contributed by atoms with E-state index in [4.69, 9.17) is 49.7 Å². The van der Waals surface area contributed by atoms with Crippen molar-refractivity contribution in [2.45, 2.75) is 260 Å². The number of hydrazine groups is 2. The standard InChI is InChI=1S/C49H65N7O5S.C43H57N7O4S.C6H10O2.ClH/c1-9-55-40-13-12-32-20-35(40)37(44(55)36-21-33(23-50-42(36)27(2)3)31-14-16-54-17-18-60-24-34(54)19-31)22-49(7,8)26-61-48(59)38-11-10-15-56(53-38)47(58)43(30(6)46-51-39(32)25-62-46)52-45(57)41-28(4)29(41)5;1-7-49-36-11-10-28-18-31(36)33(39(49)32-19-29(21-45-38(32)25(2)3)27-12-14-48-15-16-53-22-30(48)17-27)20-43(5,6)24-54-42(52)34-9-8-13-50(47-34)41(51)37(44)26(4)40-46-35(28)23-55-40;1-3-4(2)5(3)6(7)8;/h12-13,20-21,23,25,27-31,34,38,41,43,53H,9-11,14-19,22,24,26H2,1-8H3,(H,52,57);10-11,18-19,21,23,25-27,30,34,37,47H,7-9,12-17,20,22,24,44H2,1-6H3;3-5H,1-2H3,(H,7,8);1H/t28-,29+,30-,31-,34-,38-,41?,43-;26-,27-,30-,34-,37-;3-,4+,5?;/m00../s1. The van der Waals surface area contributed by atoms with Crippen LogP contribution in [0.4, 0.5) is 0 Å². The number of piperidine rings is 2. The number of aromatic nitrogens is 6. The van der Waals surface area contributed by atoms with E-state index in [0.717, 1.165) is 152 Å². The molecule has 8 aliphatic heterocycles. The quantitative estimate of drug-likeness (QED) is 0.0752. The van der Waals surface area contributed by atoms with Crippen LogP contribution >= 0.6 is 35.1 Å². The molecule has 0 radical (unpaired) electrons. The van der Waals surface area contributed by atoms with Crippen LogP contribution in [0.1, 0.15) is 241 Å². The molecular weight excluding hydrogens is 1650 g/mol. The highest BCUT2D eigenvalue weighted by atomic mass is 35.5. The number of morpholine rings is 2. The summed E-state index contributed by atoms with van der Waals surface area (Å²) in [6, 6.07) is 16.2. The molecule has 25 nitrogen and oxygen atoms in total. The molecule has 18 rings (SSSR count). The zero-order valence-corrected chi connectivity index (χ0v) is 79.0. The molecule has 6 aromatic heterocycles. The Morgan fingerprint density at radius 2 is 1.02 bits per heavy atom. The largest absolute Gasteiger partial charge is 0.481 e. The van der Waals surface area contributed by atoms with Crippen LogP contribution in [0.25, 0.3) is 66.8 Å². The van der Waals surface area contributed by atoms with Crippen LogP contribution in [0.3, 0.4) is 0 Å². The van der Waals surface area contributed by atoms with Gasteiger partial charge < -0.3 is 44.2 Å². The summed E-state index contributed by atoms with van der Waals surface area (Å²) < 4.78 is 29.1. The number of nitrogens with two attached hydrogens (primary N) is 1. The van der Waals surface area contributed by atoms with Crippen molar-refractivity contribution in [1.29, 1.82) is 0 Å². The Kier molecular flexibility index (Phi) is 28.0. The number of pyridine rings is 2. The summed E-state index contributed by atoms with van der Waals surface area (Å²) in [4.78, 5) is 105. The van der Waals surface area contributed by atoms with Gasteiger partial charge in [0.2, 0.25) is 5.91 Å². The highest BCUT2D eigenvalue weighted by Crippen LogP contribution is 2.50. The van der Waals surface area contributed by atoms with Gasteiger partial charge in [0.25, 0.3) is 11.8 Å². The highest BCUT2D eigenvalue weighted by molar-refractivity contribution is 7.10. The second kappa shape index (κ2) is 38.1. The lowest BCUT2D eigenvalue weighted by Crippen LogP contribution is -2.61. The van der Waals surface area contributed by atoms with E-state index in [1.165, 1.54) is 82.8 Å². The molecule has 2 aliphatic carbocycles. The molecule has 680 valence electrons. The number of amides is 3. The molecule has 3 amide bonds. The smallest absolute Gasteiger partial charge is 0.324 e. The van der Waals surface area contributed by atoms with Crippen molar-refractivity contribution in [3.8, 4) is 45.0 Å². The summed E-state index contributed by atoms with van der Waals surface area (Å²) in [5.41, 5.74) is 30.1. The molecule has 2 saturated carbocycles. The molecule has 10 aliphatic rings. The monoisotopic (exact) mass is 1780 g/mol. The lowest BCUT2D eigenvalue weighted by molar-refractivity contribution is -0.156. The summed E-state index contributed by atoms with van der Waals surface area (Å²) >= 11 is 3.05. The SMILES string of the molecule is CCn1c(-c2cc([C@H]3CCN4CCOC[C@@H]4C3)cnc2C(C)C)c2c3cc(ccc31)-c1csc(n1)[C@@H](C)[C@H](N)C(=O)N1CCC[C@H](N1)C(=O)OCC(C)(C)C2.CCn1c(-c2cc([C@H]3CCN4CCOC[C@@H]4C3)cnc2C(C)C)c2c3cc(ccc31)-c1csc(n1)[C@@H](C)[C@H](NC(=O)C1[C@@H](C)[C@H]1C)C(=O)N1CCC[C@H](N1)C(=O)OCC(C)(C)C2.C[C@@H]1C(C(=O)O)[C@@H]1C.Cl. The third kappa shape index (κ3) is 19.0. The normalized spacial score (nSPS) is 28.8. The Morgan fingerprint density at radius 3 is 1.44 bits per heavy atom. The number of carbonyl (C=O) groups excluding carboxylic acids is 5. The number of fused-ring (bicyclic) bond motifs is 14. The number of benzene rings is 2. The van der Waals surface area contributed by atoms with Crippen LogP contribution in [0.5, 0.6) is 0 Å². The molecule has 0 spiro atoms. The van der Waals surface area contributed by atoms with Crippen LogP contribution < -0.4 is 21.9 Å². The number of halogens is 1. The van der Waals surface area contributed by atoms with Crippen molar-refractivity contribution in [3.05, 3.63) is 115 Å². The van der Waals surface area contributed by atoms with Crippen LogP contribution in [0.2, 0.25) is 0 Å². The average Bonchev–Trinajstić information content (AvgIpc) is 1.58. The molecule has 14 heterocycles. The zero-order valence-electron chi connectivity index (χ0n) is 76.6. The maximum Gasteiger partial charge on any atom is 0.324 e. The van der Waals surface area contributed by atoms with Crippen LogP contribution in [0.15, 0.2) is 71.7 Å². The Morgan fingerprint density at radius 1 is 0.587 bits per heavy atom. The van der Waals surface area contributed by atoms with Gasteiger partial charge in [-0.05, 0) is 197 Å². The first-order chi connectivity index (χ1) is 59.8. The number of rotatable bonds is 11. The minimum atomic E-state index is -0.861. The minimum absolute atomic E-state index is 0. The Hall–Kier alpha value is -8.09. The first kappa shape index (κ1) is 92.6. The number of nitrogens with one attached hydrogen (secondary N) is 3. The van der Waals surface area contributed by atoms with E-state index < -0.39 is 46.9 Å². The Bertz CT molecular complexity index is 5330. The van der Waals surface area contributed by atoms with Crippen molar-refractivity contribution in [1.82, 2.24) is 65.1 Å². The van der Waals surface area contributed by atoms with Crippen LogP contribution in [-0.4, -0.2) is 205 Å². The van der Waals surface area contributed by atoms with Gasteiger partial charge in [-0.2, -0.15) is 0 Å². The molecule has 6 saturated heterocycles. The van der Waals surface area contributed by atoms with Crippen molar-refractivity contribution in [2.75, 3.05) is 78.9 Å². The average molecular weight is 1780 g/mol. The minimum Gasteiger partial charge on any atom is -0.481 e. The van der Waals surface area contributed by atoms with Gasteiger partial charge in [0.1, 0.15) is 18.1 Å². The topological polar surface area (TPSA) is 296 Å². The van der Waals surface area contributed by atoms with Gasteiger partial charge in [-0.25, -0.2) is 20.8 Å². The number of thiazole rings is 2. The predicted octanol–water partition coefficient (Wildman–Crippen LogP) is 15.7. The van der Waals surface area contributed by atoms with E-state index in [2.05, 4.69) is 190 Å². The van der Waals surface area contributed by atoms with Crippen molar-refractivity contribution in [3.63, 3.8) is 0 Å².